The predicted octanol–water partition coefficient (Wildman–Crippen LogP) is 2.21. The molecule has 0 radical (unpaired) electrons. The Morgan fingerprint density at radius 2 is 1.86 bits per heavy atom. The molecule has 5 nitrogen and oxygen atoms in total. The molecule has 1 aromatic carbocycles. The predicted molar refractivity (Wildman–Crippen MR) is 89.1 cm³/mol. The van der Waals surface area contributed by atoms with Gasteiger partial charge in [-0.3, -0.25) is 25.8 Å². The van der Waals surface area contributed by atoms with Crippen molar-refractivity contribution in [3.8, 4) is 0 Å². The zero-order valence-electron chi connectivity index (χ0n) is 12.6. The molecule has 0 aromatic heterocycles. The molecule has 0 heterocycles. The van der Waals surface area contributed by atoms with Crippen LogP contribution in [0.5, 0.6) is 0 Å². The SMILES string of the molecule is Cc1cccc(C(=O)NC(=S)NNC(=O)C2CCCCC2)c1. The lowest BCUT2D eigenvalue weighted by molar-refractivity contribution is -0.126. The van der Waals surface area contributed by atoms with Gasteiger partial charge in [-0.1, -0.05) is 37.0 Å². The summed E-state index contributed by atoms with van der Waals surface area (Å²) in [6.07, 6.45) is 5.20. The largest absolute Gasteiger partial charge is 0.298 e. The first-order chi connectivity index (χ1) is 10.6. The second-order valence-electron chi connectivity index (χ2n) is 5.60. The Morgan fingerprint density at radius 1 is 1.14 bits per heavy atom. The number of hydrazine groups is 1. The first kappa shape index (κ1) is 16.4. The lowest BCUT2D eigenvalue weighted by Gasteiger charge is -2.21. The molecule has 1 aliphatic rings. The highest BCUT2D eigenvalue weighted by Gasteiger charge is 2.21. The van der Waals surface area contributed by atoms with E-state index in [1.165, 1.54) is 6.42 Å². The zero-order chi connectivity index (χ0) is 15.9. The number of carbonyl (C=O) groups excluding carboxylic acids is 2. The summed E-state index contributed by atoms with van der Waals surface area (Å²) in [5.74, 6) is -0.323. The third kappa shape index (κ3) is 4.80. The maximum atomic E-state index is 12.0. The monoisotopic (exact) mass is 319 g/mol. The van der Waals surface area contributed by atoms with E-state index in [1.54, 1.807) is 12.1 Å². The van der Waals surface area contributed by atoms with Crippen LogP contribution in [0, 0.1) is 12.8 Å². The number of benzene rings is 1. The Bertz CT molecular complexity index is 568. The number of hydrogen-bond donors (Lipinski definition) is 3. The van der Waals surface area contributed by atoms with Gasteiger partial charge in [-0.2, -0.15) is 0 Å². The van der Waals surface area contributed by atoms with Crippen molar-refractivity contribution >= 4 is 29.1 Å². The summed E-state index contributed by atoms with van der Waals surface area (Å²) in [6.45, 7) is 1.91. The summed E-state index contributed by atoms with van der Waals surface area (Å²) in [4.78, 5) is 24.0. The van der Waals surface area contributed by atoms with Crippen LogP contribution < -0.4 is 16.2 Å². The Hall–Kier alpha value is -1.95. The van der Waals surface area contributed by atoms with Crippen LogP contribution in [0.3, 0.4) is 0 Å². The summed E-state index contributed by atoms with van der Waals surface area (Å²) in [5.41, 5.74) is 6.70. The summed E-state index contributed by atoms with van der Waals surface area (Å²) in [5, 5.41) is 2.64. The fourth-order valence-corrected chi connectivity index (χ4v) is 2.72. The molecule has 2 amide bonds. The van der Waals surface area contributed by atoms with Gasteiger partial charge in [-0.05, 0) is 44.1 Å². The van der Waals surface area contributed by atoms with E-state index in [2.05, 4.69) is 16.2 Å². The molecule has 0 unspecified atom stereocenters. The van der Waals surface area contributed by atoms with Gasteiger partial charge in [0.25, 0.3) is 5.91 Å². The van der Waals surface area contributed by atoms with Gasteiger partial charge in [0.2, 0.25) is 5.91 Å². The lowest BCUT2D eigenvalue weighted by atomic mass is 9.89. The smallest absolute Gasteiger partial charge is 0.257 e. The summed E-state index contributed by atoms with van der Waals surface area (Å²) < 4.78 is 0. The minimum absolute atomic E-state index is 0.0384. The van der Waals surface area contributed by atoms with Crippen molar-refractivity contribution in [2.24, 2.45) is 5.92 Å². The van der Waals surface area contributed by atoms with Crippen LogP contribution in [-0.2, 0) is 4.79 Å². The molecular formula is C16H21N3O2S. The van der Waals surface area contributed by atoms with Gasteiger partial charge in [-0.15, -0.1) is 0 Å². The maximum absolute atomic E-state index is 12.0. The molecule has 0 aliphatic heterocycles. The number of carbonyl (C=O) groups is 2. The van der Waals surface area contributed by atoms with Gasteiger partial charge < -0.3 is 0 Å². The molecule has 0 saturated heterocycles. The fraction of sp³-hybridized carbons (Fsp3) is 0.438. The highest BCUT2D eigenvalue weighted by Crippen LogP contribution is 2.23. The van der Waals surface area contributed by atoms with E-state index in [-0.39, 0.29) is 22.8 Å². The molecule has 2 rings (SSSR count). The number of thiocarbonyl (C=S) groups is 1. The molecule has 1 aromatic rings. The Labute approximate surface area is 135 Å². The van der Waals surface area contributed by atoms with Crippen molar-refractivity contribution in [3.63, 3.8) is 0 Å². The molecule has 1 saturated carbocycles. The average molecular weight is 319 g/mol. The van der Waals surface area contributed by atoms with Crippen LogP contribution >= 0.6 is 12.2 Å². The topological polar surface area (TPSA) is 70.2 Å². The Balaban J connectivity index is 1.77. The molecule has 22 heavy (non-hydrogen) atoms. The first-order valence-corrected chi connectivity index (χ1v) is 7.95. The van der Waals surface area contributed by atoms with Crippen LogP contribution in [0.15, 0.2) is 24.3 Å². The van der Waals surface area contributed by atoms with Gasteiger partial charge in [0.1, 0.15) is 0 Å². The van der Waals surface area contributed by atoms with E-state index < -0.39 is 0 Å². The van der Waals surface area contributed by atoms with Gasteiger partial charge in [-0.25, -0.2) is 0 Å². The van der Waals surface area contributed by atoms with Gasteiger partial charge in [0.05, 0.1) is 0 Å². The van der Waals surface area contributed by atoms with Crippen molar-refractivity contribution in [2.45, 2.75) is 39.0 Å². The van der Waals surface area contributed by atoms with E-state index in [4.69, 9.17) is 12.2 Å². The minimum Gasteiger partial charge on any atom is -0.298 e. The maximum Gasteiger partial charge on any atom is 0.257 e. The third-order valence-corrected chi connectivity index (χ3v) is 3.99. The molecule has 0 bridgehead atoms. The lowest BCUT2D eigenvalue weighted by Crippen LogP contribution is -2.50. The molecular weight excluding hydrogens is 298 g/mol. The molecule has 0 atom stereocenters. The summed E-state index contributed by atoms with van der Waals surface area (Å²) in [7, 11) is 0. The van der Waals surface area contributed by atoms with E-state index in [0.29, 0.717) is 5.56 Å². The third-order valence-electron chi connectivity index (χ3n) is 3.78. The van der Waals surface area contributed by atoms with Gasteiger partial charge in [0.15, 0.2) is 5.11 Å². The fourth-order valence-electron chi connectivity index (χ4n) is 2.58. The minimum atomic E-state index is -0.298. The molecule has 1 aliphatic carbocycles. The van der Waals surface area contributed by atoms with Crippen LogP contribution in [0.25, 0.3) is 0 Å². The second kappa shape index (κ2) is 7.89. The van der Waals surface area contributed by atoms with E-state index in [9.17, 15) is 9.59 Å². The second-order valence-corrected chi connectivity index (χ2v) is 6.01. The Kier molecular flexibility index (Phi) is 5.89. The molecule has 6 heteroatoms. The molecule has 0 spiro atoms. The standard InChI is InChI=1S/C16H21N3O2S/c1-11-6-5-9-13(10-11)14(20)17-16(22)19-18-15(21)12-7-3-2-4-8-12/h5-6,9-10,12H,2-4,7-8H2,1H3,(H,18,21)(H2,17,19,20,22). The highest BCUT2D eigenvalue weighted by molar-refractivity contribution is 7.80. The highest BCUT2D eigenvalue weighted by atomic mass is 32.1. The van der Waals surface area contributed by atoms with E-state index >= 15 is 0 Å². The van der Waals surface area contributed by atoms with Crippen molar-refractivity contribution in [1.82, 2.24) is 16.2 Å². The van der Waals surface area contributed by atoms with Crippen LogP contribution in [0.1, 0.15) is 48.0 Å². The zero-order valence-corrected chi connectivity index (χ0v) is 13.5. The number of hydrogen-bond acceptors (Lipinski definition) is 3. The summed E-state index contributed by atoms with van der Waals surface area (Å²) >= 11 is 5.03. The van der Waals surface area contributed by atoms with Gasteiger partial charge in [0, 0.05) is 11.5 Å². The number of amides is 2. The van der Waals surface area contributed by atoms with E-state index in [0.717, 1.165) is 31.2 Å². The number of rotatable bonds is 2. The van der Waals surface area contributed by atoms with Crippen molar-refractivity contribution in [3.05, 3.63) is 35.4 Å². The molecule has 118 valence electrons. The average Bonchev–Trinajstić information content (AvgIpc) is 2.53. The van der Waals surface area contributed by atoms with Crippen molar-refractivity contribution in [1.29, 1.82) is 0 Å². The first-order valence-electron chi connectivity index (χ1n) is 7.54. The van der Waals surface area contributed by atoms with Crippen molar-refractivity contribution in [2.75, 3.05) is 0 Å². The van der Waals surface area contributed by atoms with Crippen LogP contribution in [0.2, 0.25) is 0 Å². The molecule has 3 N–H and O–H groups in total. The van der Waals surface area contributed by atoms with E-state index in [1.807, 2.05) is 19.1 Å². The van der Waals surface area contributed by atoms with Gasteiger partial charge >= 0.3 is 0 Å². The number of aryl methyl sites for hydroxylation is 1. The molecule has 1 fully saturated rings. The van der Waals surface area contributed by atoms with Crippen LogP contribution in [0.4, 0.5) is 0 Å². The number of nitrogens with one attached hydrogen (secondary N) is 3. The quantitative estimate of drug-likeness (QED) is 0.577. The van der Waals surface area contributed by atoms with Crippen molar-refractivity contribution < 1.29 is 9.59 Å². The Morgan fingerprint density at radius 3 is 2.55 bits per heavy atom. The normalized spacial score (nSPS) is 15.0. The van der Waals surface area contributed by atoms with Crippen LogP contribution in [-0.4, -0.2) is 16.9 Å². The summed E-state index contributed by atoms with van der Waals surface area (Å²) in [6, 6.07) is 7.22.